The zero-order valence-electron chi connectivity index (χ0n) is 10.9. The Kier molecular flexibility index (Phi) is 4.28. The molecule has 0 radical (unpaired) electrons. The summed E-state index contributed by atoms with van der Waals surface area (Å²) in [7, 11) is 0. The second kappa shape index (κ2) is 6.02. The molecule has 2 aromatic rings. The first kappa shape index (κ1) is 14.9. The van der Waals surface area contributed by atoms with Crippen LogP contribution in [0, 0.1) is 0 Å². The molecule has 3 rings (SSSR count). The number of hydrogen-bond donors (Lipinski definition) is 1. The van der Waals surface area contributed by atoms with Crippen molar-refractivity contribution in [2.24, 2.45) is 0 Å². The summed E-state index contributed by atoms with van der Waals surface area (Å²) in [5.41, 5.74) is 0.293. The van der Waals surface area contributed by atoms with Crippen LogP contribution in [0.15, 0.2) is 38.3 Å². The van der Waals surface area contributed by atoms with Crippen molar-refractivity contribution < 1.29 is 0 Å². The largest absolute Gasteiger partial charge is 0.329 e. The number of H-pyrrole nitrogens is 1. The Morgan fingerprint density at radius 1 is 1.29 bits per heavy atom. The predicted octanol–water partition coefficient (Wildman–Crippen LogP) is 3.30. The fraction of sp³-hybridized carbons (Fsp3) is 0.286. The zero-order valence-corrected chi connectivity index (χ0v) is 14.1. The molecule has 2 heterocycles. The molecule has 1 saturated heterocycles. The van der Waals surface area contributed by atoms with E-state index in [4.69, 9.17) is 11.6 Å². The quantitative estimate of drug-likeness (QED) is 0.805. The topological polar surface area (TPSA) is 54.9 Å². The monoisotopic (exact) mass is 386 g/mol. The van der Waals surface area contributed by atoms with Gasteiger partial charge in [-0.05, 0) is 29.9 Å². The number of aromatic nitrogens is 2. The third-order valence-electron chi connectivity index (χ3n) is 3.49. The van der Waals surface area contributed by atoms with Crippen molar-refractivity contribution in [2.45, 2.75) is 12.5 Å². The van der Waals surface area contributed by atoms with Crippen molar-refractivity contribution in [2.75, 3.05) is 11.5 Å². The lowest BCUT2D eigenvalue weighted by Crippen LogP contribution is -2.39. The number of thioether (sulfide) groups is 1. The van der Waals surface area contributed by atoms with E-state index in [-0.39, 0.29) is 16.8 Å². The molecule has 1 atom stereocenters. The van der Waals surface area contributed by atoms with E-state index in [1.807, 2.05) is 12.1 Å². The normalized spacial score (nSPS) is 18.1. The van der Waals surface area contributed by atoms with Crippen LogP contribution >= 0.6 is 39.3 Å². The van der Waals surface area contributed by atoms with Crippen LogP contribution in [-0.4, -0.2) is 21.1 Å². The van der Waals surface area contributed by atoms with Gasteiger partial charge in [-0.3, -0.25) is 14.3 Å². The molecule has 1 aromatic heterocycles. The maximum absolute atomic E-state index is 12.7. The Hall–Kier alpha value is -0.980. The minimum absolute atomic E-state index is 0.0577. The third-order valence-corrected chi connectivity index (χ3v) is 5.45. The molecule has 0 saturated carbocycles. The lowest BCUT2D eigenvalue weighted by molar-refractivity contribution is 0.515. The van der Waals surface area contributed by atoms with E-state index in [0.717, 1.165) is 22.4 Å². The van der Waals surface area contributed by atoms with Gasteiger partial charge >= 0.3 is 5.69 Å². The number of nitrogens with one attached hydrogen (secondary N) is 1. The summed E-state index contributed by atoms with van der Waals surface area (Å²) in [6, 6.07) is 7.23. The molecule has 1 N–H and O–H groups in total. The molecule has 0 amide bonds. The molecule has 21 heavy (non-hydrogen) atoms. The second-order valence-corrected chi connectivity index (χ2v) is 7.26. The van der Waals surface area contributed by atoms with Gasteiger partial charge in [0.2, 0.25) is 0 Å². The standard InChI is InChI=1S/C14H12BrClN2O2S/c15-9-3-1-8(2-4-9)11-12(16)17-14(20)18(13(11)19)10-5-6-21-7-10/h1-4,10H,5-7H2,(H,17,20). The summed E-state index contributed by atoms with van der Waals surface area (Å²) in [5.74, 6) is 1.75. The minimum Gasteiger partial charge on any atom is -0.297 e. The van der Waals surface area contributed by atoms with E-state index in [9.17, 15) is 9.59 Å². The van der Waals surface area contributed by atoms with E-state index in [1.165, 1.54) is 4.57 Å². The zero-order chi connectivity index (χ0) is 15.0. The molecule has 0 bridgehead atoms. The molecule has 1 aromatic carbocycles. The SMILES string of the molecule is O=c1[nH]c(Cl)c(-c2ccc(Br)cc2)c(=O)n1C1CCSC1. The number of halogens is 2. The van der Waals surface area contributed by atoms with Crippen LogP contribution < -0.4 is 11.2 Å². The van der Waals surface area contributed by atoms with Gasteiger partial charge in [0.05, 0.1) is 11.6 Å². The van der Waals surface area contributed by atoms with Gasteiger partial charge in [-0.1, -0.05) is 39.7 Å². The lowest BCUT2D eigenvalue weighted by Gasteiger charge is -2.14. The van der Waals surface area contributed by atoms with Crippen LogP contribution in [0.3, 0.4) is 0 Å². The van der Waals surface area contributed by atoms with Crippen LogP contribution in [0.4, 0.5) is 0 Å². The highest BCUT2D eigenvalue weighted by atomic mass is 79.9. The van der Waals surface area contributed by atoms with Crippen molar-refractivity contribution in [3.63, 3.8) is 0 Å². The molecule has 1 aliphatic rings. The van der Waals surface area contributed by atoms with Gasteiger partial charge in [0.15, 0.2) is 0 Å². The molecule has 4 nitrogen and oxygen atoms in total. The molecule has 1 aliphatic heterocycles. The lowest BCUT2D eigenvalue weighted by atomic mass is 10.1. The van der Waals surface area contributed by atoms with E-state index in [0.29, 0.717) is 11.1 Å². The summed E-state index contributed by atoms with van der Waals surface area (Å²) in [6.45, 7) is 0. The average molecular weight is 388 g/mol. The van der Waals surface area contributed by atoms with Crippen molar-refractivity contribution in [1.29, 1.82) is 0 Å². The highest BCUT2D eigenvalue weighted by molar-refractivity contribution is 9.10. The average Bonchev–Trinajstić information content (AvgIpc) is 2.94. The van der Waals surface area contributed by atoms with Gasteiger partial charge in [0.25, 0.3) is 5.56 Å². The van der Waals surface area contributed by atoms with Gasteiger partial charge in [0, 0.05) is 10.2 Å². The smallest absolute Gasteiger partial charge is 0.297 e. The minimum atomic E-state index is -0.432. The first-order valence-corrected chi connectivity index (χ1v) is 8.78. The second-order valence-electron chi connectivity index (χ2n) is 4.82. The van der Waals surface area contributed by atoms with E-state index < -0.39 is 5.69 Å². The summed E-state index contributed by atoms with van der Waals surface area (Å²) in [4.78, 5) is 27.4. The Balaban J connectivity index is 2.21. The van der Waals surface area contributed by atoms with E-state index >= 15 is 0 Å². The number of hydrogen-bond acceptors (Lipinski definition) is 3. The van der Waals surface area contributed by atoms with Gasteiger partial charge in [0.1, 0.15) is 5.15 Å². The maximum atomic E-state index is 12.7. The number of nitrogens with zero attached hydrogens (tertiary/aromatic N) is 1. The van der Waals surface area contributed by atoms with Crippen molar-refractivity contribution in [3.05, 3.63) is 54.7 Å². The summed E-state index contributed by atoms with van der Waals surface area (Å²) in [6.07, 6.45) is 0.828. The molecule has 0 aliphatic carbocycles. The fourth-order valence-electron chi connectivity index (χ4n) is 2.45. The van der Waals surface area contributed by atoms with Crippen LogP contribution in [0.2, 0.25) is 5.15 Å². The van der Waals surface area contributed by atoms with Crippen LogP contribution in [-0.2, 0) is 0 Å². The Morgan fingerprint density at radius 2 is 2.00 bits per heavy atom. The van der Waals surface area contributed by atoms with Crippen molar-refractivity contribution in [1.82, 2.24) is 9.55 Å². The third kappa shape index (κ3) is 2.84. The first-order chi connectivity index (χ1) is 10.1. The highest BCUT2D eigenvalue weighted by Crippen LogP contribution is 2.28. The Bertz CT molecular complexity index is 779. The highest BCUT2D eigenvalue weighted by Gasteiger charge is 2.23. The van der Waals surface area contributed by atoms with Gasteiger partial charge in [-0.2, -0.15) is 11.8 Å². The summed E-state index contributed by atoms with van der Waals surface area (Å²) in [5, 5.41) is 0.0919. The van der Waals surface area contributed by atoms with Gasteiger partial charge in [-0.25, -0.2) is 4.79 Å². The predicted molar refractivity (Wildman–Crippen MR) is 90.4 cm³/mol. The van der Waals surface area contributed by atoms with Crippen LogP contribution in [0.5, 0.6) is 0 Å². The molecular formula is C14H12BrClN2O2S. The fourth-order valence-corrected chi connectivity index (χ4v) is 4.18. The molecule has 0 spiro atoms. The van der Waals surface area contributed by atoms with E-state index in [1.54, 1.807) is 23.9 Å². The van der Waals surface area contributed by atoms with Gasteiger partial charge < -0.3 is 0 Å². The number of rotatable bonds is 2. The maximum Gasteiger partial charge on any atom is 0.329 e. The number of aromatic amines is 1. The molecular weight excluding hydrogens is 376 g/mol. The van der Waals surface area contributed by atoms with Gasteiger partial charge in [-0.15, -0.1) is 0 Å². The molecule has 7 heteroatoms. The molecule has 1 unspecified atom stereocenters. The Morgan fingerprint density at radius 3 is 2.62 bits per heavy atom. The molecule has 110 valence electrons. The molecule has 1 fully saturated rings. The van der Waals surface area contributed by atoms with E-state index in [2.05, 4.69) is 20.9 Å². The number of benzene rings is 1. The van der Waals surface area contributed by atoms with Crippen molar-refractivity contribution in [3.8, 4) is 11.1 Å². The van der Waals surface area contributed by atoms with Crippen LogP contribution in [0.1, 0.15) is 12.5 Å². The Labute approximate surface area is 138 Å². The summed E-state index contributed by atoms with van der Waals surface area (Å²) < 4.78 is 2.22. The summed E-state index contributed by atoms with van der Waals surface area (Å²) >= 11 is 11.2. The van der Waals surface area contributed by atoms with Crippen LogP contribution in [0.25, 0.3) is 11.1 Å². The van der Waals surface area contributed by atoms with Crippen molar-refractivity contribution >= 4 is 39.3 Å². The first-order valence-electron chi connectivity index (χ1n) is 6.46.